The van der Waals surface area contributed by atoms with E-state index in [1.54, 1.807) is 18.4 Å². The van der Waals surface area contributed by atoms with E-state index in [0.717, 1.165) is 15.6 Å². The number of halogens is 1. The van der Waals surface area contributed by atoms with E-state index in [1.165, 1.54) is 0 Å². The summed E-state index contributed by atoms with van der Waals surface area (Å²) in [6.07, 6.45) is 1.58. The van der Waals surface area contributed by atoms with Gasteiger partial charge in [0.2, 0.25) is 5.76 Å². The molecule has 0 aliphatic carbocycles. The van der Waals surface area contributed by atoms with Crippen LogP contribution in [-0.4, -0.2) is 5.16 Å². The number of nitrogens with zero attached hydrogens (tertiary/aromatic N) is 1. The number of aromatic nitrogens is 1. The second kappa shape index (κ2) is 4.34. The third-order valence-corrected chi connectivity index (χ3v) is 3.30. The van der Waals surface area contributed by atoms with Crippen molar-refractivity contribution >= 4 is 21.7 Å². The minimum absolute atomic E-state index is 0.341. The molecule has 3 rings (SSSR count). The van der Waals surface area contributed by atoms with E-state index in [2.05, 4.69) is 21.1 Å². The third-order valence-electron chi connectivity index (χ3n) is 2.61. The summed E-state index contributed by atoms with van der Waals surface area (Å²) in [6.45, 7) is 0. The van der Waals surface area contributed by atoms with Crippen LogP contribution in [0, 0.1) is 0 Å². The summed E-state index contributed by atoms with van der Waals surface area (Å²) in [7, 11) is 0. The number of hydrogen-bond acceptors (Lipinski definition) is 4. The molecule has 0 aliphatic rings. The molecular weight excluding hydrogens is 296 g/mol. The monoisotopic (exact) mass is 304 g/mol. The lowest BCUT2D eigenvalue weighted by Crippen LogP contribution is -1.89. The highest BCUT2D eigenvalue weighted by Gasteiger charge is 2.20. The molecule has 0 atom stereocenters. The fraction of sp³-hybridized carbons (Fsp3) is 0. The average molecular weight is 305 g/mol. The Morgan fingerprint density at radius 3 is 2.67 bits per heavy atom. The summed E-state index contributed by atoms with van der Waals surface area (Å²) in [6, 6.07) is 11.3. The molecular formula is C13H9BrN2O2. The minimum Gasteiger partial charge on any atom is -0.461 e. The van der Waals surface area contributed by atoms with Crippen LogP contribution in [0.1, 0.15) is 0 Å². The van der Waals surface area contributed by atoms with Gasteiger partial charge in [-0.2, -0.15) is 0 Å². The zero-order valence-corrected chi connectivity index (χ0v) is 10.8. The quantitative estimate of drug-likeness (QED) is 0.778. The molecule has 5 heteroatoms. The van der Waals surface area contributed by atoms with E-state index in [-0.39, 0.29) is 0 Å². The van der Waals surface area contributed by atoms with Crippen molar-refractivity contribution in [3.63, 3.8) is 0 Å². The van der Waals surface area contributed by atoms with Crippen molar-refractivity contribution in [2.75, 3.05) is 5.73 Å². The van der Waals surface area contributed by atoms with Gasteiger partial charge < -0.3 is 14.7 Å². The van der Waals surface area contributed by atoms with Crippen molar-refractivity contribution in [3.8, 4) is 22.6 Å². The van der Waals surface area contributed by atoms with Gasteiger partial charge in [-0.25, -0.2) is 0 Å². The lowest BCUT2D eigenvalue weighted by molar-refractivity contribution is 0.421. The van der Waals surface area contributed by atoms with Crippen LogP contribution in [0.25, 0.3) is 22.6 Å². The zero-order chi connectivity index (χ0) is 12.5. The first-order valence-electron chi connectivity index (χ1n) is 5.31. The zero-order valence-electron chi connectivity index (χ0n) is 9.26. The molecule has 0 aliphatic heterocycles. The molecule has 0 fully saturated rings. The van der Waals surface area contributed by atoms with Crippen LogP contribution in [0.2, 0.25) is 0 Å². The number of anilines is 1. The molecule has 90 valence electrons. The van der Waals surface area contributed by atoms with E-state index in [0.29, 0.717) is 17.3 Å². The number of benzene rings is 1. The van der Waals surface area contributed by atoms with E-state index in [4.69, 9.17) is 14.7 Å². The fourth-order valence-electron chi connectivity index (χ4n) is 1.80. The largest absolute Gasteiger partial charge is 0.461 e. The van der Waals surface area contributed by atoms with Gasteiger partial charge in [0.15, 0.2) is 11.6 Å². The molecule has 2 aromatic heterocycles. The van der Waals surface area contributed by atoms with Crippen LogP contribution < -0.4 is 5.73 Å². The van der Waals surface area contributed by atoms with Crippen LogP contribution >= 0.6 is 15.9 Å². The number of hydrogen-bond donors (Lipinski definition) is 1. The summed E-state index contributed by atoms with van der Waals surface area (Å²) in [5, 5.41) is 3.81. The van der Waals surface area contributed by atoms with Gasteiger partial charge in [-0.15, -0.1) is 0 Å². The maximum Gasteiger partial charge on any atom is 0.212 e. The van der Waals surface area contributed by atoms with E-state index < -0.39 is 0 Å². The number of furan rings is 1. The van der Waals surface area contributed by atoms with Crippen LogP contribution in [0.15, 0.2) is 56.1 Å². The third kappa shape index (κ3) is 1.73. The molecule has 0 unspecified atom stereocenters. The molecule has 0 amide bonds. The van der Waals surface area contributed by atoms with Crippen molar-refractivity contribution in [2.24, 2.45) is 0 Å². The van der Waals surface area contributed by atoms with Gasteiger partial charge in [0.05, 0.1) is 11.8 Å². The van der Waals surface area contributed by atoms with Gasteiger partial charge in [-0.3, -0.25) is 0 Å². The van der Waals surface area contributed by atoms with Crippen molar-refractivity contribution < 1.29 is 8.94 Å². The van der Waals surface area contributed by atoms with E-state index in [9.17, 15) is 0 Å². The Morgan fingerprint density at radius 2 is 1.94 bits per heavy atom. The Labute approximate surface area is 112 Å². The Hall–Kier alpha value is -2.01. The van der Waals surface area contributed by atoms with Crippen LogP contribution in [0.3, 0.4) is 0 Å². The molecule has 2 heterocycles. The van der Waals surface area contributed by atoms with Gasteiger partial charge in [0, 0.05) is 10.0 Å². The van der Waals surface area contributed by atoms with Gasteiger partial charge >= 0.3 is 0 Å². The van der Waals surface area contributed by atoms with Crippen molar-refractivity contribution in [3.05, 3.63) is 47.1 Å². The smallest absolute Gasteiger partial charge is 0.212 e. The highest BCUT2D eigenvalue weighted by Crippen LogP contribution is 2.39. The van der Waals surface area contributed by atoms with Crippen molar-refractivity contribution in [1.29, 1.82) is 0 Å². The highest BCUT2D eigenvalue weighted by atomic mass is 79.9. The molecule has 3 aromatic rings. The predicted octanol–water partition coefficient (Wildman–Crippen LogP) is 3.95. The molecule has 0 radical (unpaired) electrons. The van der Waals surface area contributed by atoms with Gasteiger partial charge in [0.1, 0.15) is 0 Å². The topological polar surface area (TPSA) is 65.2 Å². The number of nitrogen functional groups attached to an aromatic ring is 1. The van der Waals surface area contributed by atoms with Crippen LogP contribution in [-0.2, 0) is 0 Å². The van der Waals surface area contributed by atoms with Gasteiger partial charge in [-0.1, -0.05) is 39.3 Å². The minimum atomic E-state index is 0.341. The Balaban J connectivity index is 2.24. The molecule has 4 nitrogen and oxygen atoms in total. The summed E-state index contributed by atoms with van der Waals surface area (Å²) < 4.78 is 11.5. The first-order chi connectivity index (χ1) is 8.77. The summed E-state index contributed by atoms with van der Waals surface area (Å²) in [5.41, 5.74) is 7.53. The van der Waals surface area contributed by atoms with Gasteiger partial charge in [0.25, 0.3) is 0 Å². The van der Waals surface area contributed by atoms with E-state index in [1.807, 2.05) is 24.3 Å². The standard InChI is InChI=1S/C13H9BrN2O2/c14-9-5-2-1-4-8(9)11-12(18-16-13(11)15)10-6-3-7-17-10/h1-7H,(H2,15,16). The Morgan fingerprint density at radius 1 is 1.11 bits per heavy atom. The maximum atomic E-state index is 5.88. The molecule has 0 bridgehead atoms. The number of nitrogens with two attached hydrogens (primary N) is 1. The molecule has 0 saturated carbocycles. The second-order valence-electron chi connectivity index (χ2n) is 3.73. The van der Waals surface area contributed by atoms with E-state index >= 15 is 0 Å². The molecule has 2 N–H and O–H groups in total. The number of rotatable bonds is 2. The fourth-order valence-corrected chi connectivity index (χ4v) is 2.29. The lowest BCUT2D eigenvalue weighted by Gasteiger charge is -2.03. The normalized spacial score (nSPS) is 10.7. The predicted molar refractivity (Wildman–Crippen MR) is 71.8 cm³/mol. The summed E-state index contributed by atoms with van der Waals surface area (Å²) >= 11 is 3.49. The summed E-state index contributed by atoms with van der Waals surface area (Å²) in [4.78, 5) is 0. The maximum absolute atomic E-state index is 5.88. The average Bonchev–Trinajstić information content (AvgIpc) is 2.99. The SMILES string of the molecule is Nc1noc(-c2ccco2)c1-c1ccccc1Br. The first kappa shape index (κ1) is 11.1. The van der Waals surface area contributed by atoms with Gasteiger partial charge in [-0.05, 0) is 18.2 Å². The second-order valence-corrected chi connectivity index (χ2v) is 4.58. The van der Waals surface area contributed by atoms with Crippen LogP contribution in [0.5, 0.6) is 0 Å². The first-order valence-corrected chi connectivity index (χ1v) is 6.10. The molecule has 0 spiro atoms. The highest BCUT2D eigenvalue weighted by molar-refractivity contribution is 9.10. The Kier molecular flexibility index (Phi) is 2.68. The summed E-state index contributed by atoms with van der Waals surface area (Å²) in [5.74, 6) is 1.47. The molecule has 18 heavy (non-hydrogen) atoms. The van der Waals surface area contributed by atoms with Crippen molar-refractivity contribution in [2.45, 2.75) is 0 Å². The van der Waals surface area contributed by atoms with Crippen LogP contribution in [0.4, 0.5) is 5.82 Å². The van der Waals surface area contributed by atoms with Crippen molar-refractivity contribution in [1.82, 2.24) is 5.16 Å². The molecule has 1 aromatic carbocycles. The Bertz CT molecular complexity index is 674. The molecule has 0 saturated heterocycles. The lowest BCUT2D eigenvalue weighted by atomic mass is 10.0.